The van der Waals surface area contributed by atoms with Crippen molar-refractivity contribution in [2.45, 2.75) is 87.8 Å². The van der Waals surface area contributed by atoms with Gasteiger partial charge in [-0.1, -0.05) is 38.1 Å². The number of piperazine rings is 1. The van der Waals surface area contributed by atoms with Gasteiger partial charge in [0.25, 0.3) is 21.6 Å². The molecule has 69 heavy (non-hydrogen) atoms. The van der Waals surface area contributed by atoms with Gasteiger partial charge in [-0.25, -0.2) is 32.5 Å². The molecule has 10 rings (SSSR count). The van der Waals surface area contributed by atoms with E-state index in [0.29, 0.717) is 37.2 Å². The quantitative estimate of drug-likeness (QED) is 0.0747. The highest BCUT2D eigenvalue weighted by Crippen LogP contribution is 2.46. The number of amides is 1. The number of anilines is 2. The summed E-state index contributed by atoms with van der Waals surface area (Å²) in [5.41, 5.74) is 2.64. The summed E-state index contributed by atoms with van der Waals surface area (Å²) in [6.45, 7) is 12.8. The number of rotatable bonds is 11. The third kappa shape index (κ3) is 9.34. The Bertz CT molecular complexity index is 2890. The number of likely N-dealkylation sites (N-methyl/N-ethyl adjacent to an activating group) is 1. The second-order valence-corrected chi connectivity index (χ2v) is 22.1. The van der Waals surface area contributed by atoms with Crippen LogP contribution in [0.3, 0.4) is 0 Å². The van der Waals surface area contributed by atoms with Gasteiger partial charge in [-0.3, -0.25) is 14.9 Å². The van der Waals surface area contributed by atoms with Crippen LogP contribution in [0.5, 0.6) is 17.2 Å². The lowest BCUT2D eigenvalue weighted by Crippen LogP contribution is -2.68. The number of hydrogen-bond acceptors (Lipinski definition) is 14. The Morgan fingerprint density at radius 2 is 1.80 bits per heavy atom. The number of H-pyrrole nitrogens is 1. The highest BCUT2D eigenvalue weighted by Gasteiger charge is 2.49. The van der Waals surface area contributed by atoms with Gasteiger partial charge < -0.3 is 34.7 Å². The summed E-state index contributed by atoms with van der Waals surface area (Å²) >= 11 is 0. The average molecular weight is 966 g/mol. The number of aromatic amines is 1. The maximum absolute atomic E-state index is 14.7. The largest absolute Gasteiger partial charge is 0.489 e. The SMILES string of the molecule is CC(C)c1ccccc1[C@@H]1CN(C)CCN1N1CC2(CCN(c3ccc(C(=O)NS(=O)(=O)c4cc5c(c([N+](=O)[O-])c4)N[C@@H](C4CCC(C)(O)CC4)CO5)c(Oc4cnc5[nH]cc(F)c5c4)c3)CC2)C1. The van der Waals surface area contributed by atoms with Gasteiger partial charge >= 0.3 is 0 Å². The number of nitrogens with one attached hydrogen (secondary N) is 3. The predicted molar refractivity (Wildman–Crippen MR) is 259 cm³/mol. The molecule has 0 radical (unpaired) electrons. The summed E-state index contributed by atoms with van der Waals surface area (Å²) in [6.07, 6.45) is 7.02. The zero-order chi connectivity index (χ0) is 48.4. The number of hydrogen-bond donors (Lipinski definition) is 4. The highest BCUT2D eigenvalue weighted by molar-refractivity contribution is 7.90. The molecule has 4 aliphatic heterocycles. The molecule has 5 aliphatic rings. The van der Waals surface area contributed by atoms with Gasteiger partial charge in [-0.15, -0.1) is 0 Å². The van der Waals surface area contributed by atoms with E-state index in [2.05, 4.69) is 85.0 Å². The first-order valence-corrected chi connectivity index (χ1v) is 25.4. The average Bonchev–Trinajstić information content (AvgIpc) is 3.69. The van der Waals surface area contributed by atoms with Crippen LogP contribution in [0.2, 0.25) is 0 Å². The molecule has 1 amide bonds. The number of aromatic nitrogens is 2. The number of halogens is 1. The second kappa shape index (κ2) is 18.1. The van der Waals surface area contributed by atoms with Crippen molar-refractivity contribution in [3.8, 4) is 17.2 Å². The Hall–Kier alpha value is -5.86. The molecule has 5 aromatic rings. The van der Waals surface area contributed by atoms with Gasteiger partial charge in [-0.2, -0.15) is 0 Å². The van der Waals surface area contributed by atoms with Crippen LogP contribution in [0.15, 0.2) is 78.0 Å². The number of aliphatic hydroxyl groups is 1. The van der Waals surface area contributed by atoms with Crippen LogP contribution in [0.1, 0.15) is 92.7 Å². The second-order valence-electron chi connectivity index (χ2n) is 20.4. The van der Waals surface area contributed by atoms with E-state index in [4.69, 9.17) is 9.47 Å². The van der Waals surface area contributed by atoms with Gasteiger partial charge in [-0.05, 0) is 93.7 Å². The summed E-state index contributed by atoms with van der Waals surface area (Å²) in [5.74, 6) is -0.980. The number of fused-ring (bicyclic) bond motifs is 2. The minimum absolute atomic E-state index is 0.00871. The maximum Gasteiger partial charge on any atom is 0.297 e. The summed E-state index contributed by atoms with van der Waals surface area (Å²) < 4.78 is 57.0. The zero-order valence-corrected chi connectivity index (χ0v) is 40.2. The zero-order valence-electron chi connectivity index (χ0n) is 39.4. The number of sulfonamides is 1. The number of nitro groups is 1. The Balaban J connectivity index is 0.865. The lowest BCUT2D eigenvalue weighted by molar-refractivity contribution is -0.384. The Kier molecular flexibility index (Phi) is 12.3. The van der Waals surface area contributed by atoms with Crippen molar-refractivity contribution in [3.63, 3.8) is 0 Å². The summed E-state index contributed by atoms with van der Waals surface area (Å²) in [4.78, 5) is 37.0. The molecule has 19 heteroatoms. The Morgan fingerprint density at radius 1 is 1.04 bits per heavy atom. The van der Waals surface area contributed by atoms with E-state index >= 15 is 0 Å². The first-order valence-electron chi connectivity index (χ1n) is 23.9. The predicted octanol–water partition coefficient (Wildman–Crippen LogP) is 7.56. The van der Waals surface area contributed by atoms with Gasteiger partial charge in [0, 0.05) is 81.3 Å². The standard InChI is InChI=1S/C50H60FN9O8S/c1-31(2)36-7-5-6-8-37(36)43-27-56(4)19-20-59(43)58-29-50(30-58)15-17-57(18-16-50)33-9-10-38(44(21-33)68-34-22-39-40(51)26-53-47(39)52-25-34)48(61)55-69(65,66)35-23-42(60(63)64)46-45(24-35)67-28-41(54-46)32-11-13-49(3,62)14-12-32/h5-10,21-26,31-32,41,43,54,62H,11-20,27-30H2,1-4H3,(H,52,53)(H,55,61)/t32?,41-,43+,49?/m1/s1. The third-order valence-corrected chi connectivity index (χ3v) is 16.5. The lowest BCUT2D eigenvalue weighted by Gasteiger charge is -2.60. The van der Waals surface area contributed by atoms with Crippen LogP contribution in [-0.2, 0) is 10.0 Å². The Labute approximate surface area is 401 Å². The van der Waals surface area contributed by atoms with Crippen LogP contribution in [-0.4, -0.2) is 120 Å². The van der Waals surface area contributed by atoms with Crippen molar-refractivity contribution in [1.29, 1.82) is 0 Å². The molecule has 2 aromatic heterocycles. The van der Waals surface area contributed by atoms with Crippen LogP contribution in [0, 0.1) is 27.3 Å². The summed E-state index contributed by atoms with van der Waals surface area (Å²) in [7, 11) is -2.52. The number of ether oxygens (including phenoxy) is 2. The number of piperidine rings is 1. The van der Waals surface area contributed by atoms with Crippen molar-refractivity contribution >= 4 is 44.0 Å². The highest BCUT2D eigenvalue weighted by atomic mass is 32.2. The molecule has 17 nitrogen and oxygen atoms in total. The number of carbonyl (C=O) groups is 1. The van der Waals surface area contributed by atoms with Gasteiger partial charge in [0.1, 0.15) is 29.6 Å². The molecule has 1 spiro atoms. The molecule has 0 bridgehead atoms. The van der Waals surface area contributed by atoms with Gasteiger partial charge in [0.15, 0.2) is 11.4 Å². The summed E-state index contributed by atoms with van der Waals surface area (Å²) in [6, 6.07) is 17.3. The van der Waals surface area contributed by atoms with Crippen molar-refractivity contribution in [1.82, 2.24) is 29.6 Å². The van der Waals surface area contributed by atoms with E-state index in [1.165, 1.54) is 41.7 Å². The fraction of sp³-hybridized carbons (Fsp3) is 0.480. The molecule has 2 atom stereocenters. The van der Waals surface area contributed by atoms with Crippen LogP contribution in [0.4, 0.5) is 21.5 Å². The smallest absolute Gasteiger partial charge is 0.297 e. The number of carbonyl (C=O) groups excluding carboxylic acids is 1. The van der Waals surface area contributed by atoms with Gasteiger partial charge in [0.2, 0.25) is 0 Å². The maximum atomic E-state index is 14.7. The molecule has 3 saturated heterocycles. The van der Waals surface area contributed by atoms with Crippen molar-refractivity contribution in [2.75, 3.05) is 69.7 Å². The third-order valence-electron chi connectivity index (χ3n) is 15.2. The minimum atomic E-state index is -4.72. The number of nitrogens with zero attached hydrogens (tertiary/aromatic N) is 6. The number of nitro benzene ring substituents is 1. The van der Waals surface area contributed by atoms with E-state index in [0.717, 1.165) is 70.4 Å². The van der Waals surface area contributed by atoms with Crippen LogP contribution >= 0.6 is 0 Å². The molecule has 4 N–H and O–H groups in total. The van der Waals surface area contributed by atoms with Crippen molar-refractivity contribution in [3.05, 3.63) is 106 Å². The van der Waals surface area contributed by atoms with Crippen molar-refractivity contribution < 1.29 is 37.1 Å². The Morgan fingerprint density at radius 3 is 2.54 bits per heavy atom. The molecule has 0 unspecified atom stereocenters. The number of benzene rings is 3. The van der Waals surface area contributed by atoms with Gasteiger partial charge in [0.05, 0.1) is 44.7 Å². The van der Waals surface area contributed by atoms with E-state index in [1.54, 1.807) is 19.1 Å². The monoisotopic (exact) mass is 965 g/mol. The topological polar surface area (TPSA) is 199 Å². The minimum Gasteiger partial charge on any atom is -0.489 e. The van der Waals surface area contributed by atoms with E-state index in [9.17, 15) is 32.8 Å². The normalized spacial score (nSPS) is 24.3. The first kappa shape index (κ1) is 46.8. The molecule has 6 heterocycles. The van der Waals surface area contributed by atoms with Crippen molar-refractivity contribution in [2.24, 2.45) is 11.3 Å². The lowest BCUT2D eigenvalue weighted by atomic mass is 9.72. The molecule has 1 aliphatic carbocycles. The van der Waals surface area contributed by atoms with Crippen LogP contribution < -0.4 is 24.4 Å². The first-order chi connectivity index (χ1) is 32.9. The van der Waals surface area contributed by atoms with Crippen LogP contribution in [0.25, 0.3) is 11.0 Å². The molecule has 1 saturated carbocycles. The fourth-order valence-electron chi connectivity index (χ4n) is 11.1. The van der Waals surface area contributed by atoms with E-state index in [1.807, 2.05) is 0 Å². The number of hydrazine groups is 1. The molecule has 3 aromatic carbocycles. The summed E-state index contributed by atoms with van der Waals surface area (Å²) in [5, 5.41) is 31.4. The number of pyridine rings is 1. The molecule has 366 valence electrons. The van der Waals surface area contributed by atoms with E-state index < -0.39 is 42.9 Å². The molecule has 4 fully saturated rings. The molecular weight excluding hydrogens is 906 g/mol. The fourth-order valence-corrected chi connectivity index (χ4v) is 12.1. The molecular formula is C50H60FN9O8S. The van der Waals surface area contributed by atoms with E-state index in [-0.39, 0.29) is 63.9 Å².